The molecule has 0 spiro atoms. The van der Waals surface area contributed by atoms with Gasteiger partial charge < -0.3 is 14.3 Å². The highest BCUT2D eigenvalue weighted by atomic mass is 16.3. The minimum absolute atomic E-state index is 0.0346. The van der Waals surface area contributed by atoms with E-state index in [0.717, 1.165) is 10.1 Å². The molecule has 2 aromatic heterocycles. The lowest BCUT2D eigenvalue weighted by atomic mass is 10.2. The van der Waals surface area contributed by atoms with Crippen LogP contribution in [0.1, 0.15) is 28.6 Å². The average Bonchev–Trinajstić information content (AvgIpc) is 3.17. The van der Waals surface area contributed by atoms with Gasteiger partial charge in [0.05, 0.1) is 12.8 Å². The smallest absolute Gasteiger partial charge is 0.328 e. The Morgan fingerprint density at radius 2 is 1.92 bits per heavy atom. The first-order valence-corrected chi connectivity index (χ1v) is 8.28. The summed E-state index contributed by atoms with van der Waals surface area (Å²) >= 11 is 0. The molecule has 0 fully saturated rings. The number of aromatic nitrogens is 2. The molecule has 0 unspecified atom stereocenters. The van der Waals surface area contributed by atoms with E-state index < -0.39 is 17.2 Å². The van der Waals surface area contributed by atoms with Crippen molar-refractivity contribution in [3.8, 4) is 0 Å². The highest BCUT2D eigenvalue weighted by Crippen LogP contribution is 2.07. The maximum absolute atomic E-state index is 12.8. The van der Waals surface area contributed by atoms with E-state index in [-0.39, 0.29) is 12.1 Å². The third kappa shape index (κ3) is 3.66. The van der Waals surface area contributed by atoms with Crippen molar-refractivity contribution in [1.82, 2.24) is 14.5 Å². The zero-order chi connectivity index (χ0) is 18.5. The summed E-state index contributed by atoms with van der Waals surface area (Å²) in [5.74, 6) is 0.0321. The number of hydrogen-bond donors (Lipinski definition) is 1. The number of hydrogen-bond acceptors (Lipinski definition) is 4. The van der Waals surface area contributed by atoms with Crippen molar-refractivity contribution in [2.45, 2.75) is 20.0 Å². The summed E-state index contributed by atoms with van der Waals surface area (Å²) in [7, 11) is 0. The van der Waals surface area contributed by atoms with Gasteiger partial charge in [-0.05, 0) is 24.6 Å². The number of carbonyl (C=O) groups excluding carboxylic acids is 1. The maximum Gasteiger partial charge on any atom is 0.328 e. The van der Waals surface area contributed by atoms with Crippen LogP contribution < -0.4 is 11.2 Å². The van der Waals surface area contributed by atoms with Gasteiger partial charge in [0.1, 0.15) is 11.3 Å². The number of H-pyrrole nitrogens is 1. The van der Waals surface area contributed by atoms with E-state index in [1.165, 1.54) is 12.5 Å². The molecule has 3 aromatic rings. The van der Waals surface area contributed by atoms with Crippen molar-refractivity contribution in [2.75, 3.05) is 6.54 Å². The van der Waals surface area contributed by atoms with Crippen LogP contribution in [0.25, 0.3) is 0 Å². The van der Waals surface area contributed by atoms with Gasteiger partial charge >= 0.3 is 5.69 Å². The van der Waals surface area contributed by atoms with Gasteiger partial charge in [-0.25, -0.2) is 4.79 Å². The summed E-state index contributed by atoms with van der Waals surface area (Å²) in [6.45, 7) is 2.62. The van der Waals surface area contributed by atoms with Crippen LogP contribution in [0.5, 0.6) is 0 Å². The van der Waals surface area contributed by atoms with Gasteiger partial charge in [0.15, 0.2) is 0 Å². The third-order valence-electron chi connectivity index (χ3n) is 4.07. The van der Waals surface area contributed by atoms with Crippen LogP contribution in [0.2, 0.25) is 0 Å². The highest BCUT2D eigenvalue weighted by Gasteiger charge is 2.20. The van der Waals surface area contributed by atoms with Gasteiger partial charge in [-0.2, -0.15) is 0 Å². The predicted octanol–water partition coefficient (Wildman–Crippen LogP) is 1.84. The summed E-state index contributed by atoms with van der Waals surface area (Å²) < 4.78 is 6.15. The van der Waals surface area contributed by atoms with Gasteiger partial charge in [-0.3, -0.25) is 14.2 Å². The van der Waals surface area contributed by atoms with E-state index in [1.54, 1.807) is 17.0 Å². The lowest BCUT2D eigenvalue weighted by Crippen LogP contribution is -2.42. The molecular formula is C19H19N3O4. The molecule has 7 heteroatoms. The Kier molecular flexibility index (Phi) is 5.17. The van der Waals surface area contributed by atoms with Crippen molar-refractivity contribution in [1.29, 1.82) is 0 Å². The van der Waals surface area contributed by atoms with E-state index in [2.05, 4.69) is 4.98 Å². The van der Waals surface area contributed by atoms with Gasteiger partial charge in [0.25, 0.3) is 11.5 Å². The number of amides is 1. The van der Waals surface area contributed by atoms with Crippen molar-refractivity contribution in [3.05, 3.63) is 92.6 Å². The first-order valence-electron chi connectivity index (χ1n) is 8.28. The van der Waals surface area contributed by atoms with Crippen LogP contribution in [0.3, 0.4) is 0 Å². The molecule has 1 amide bonds. The quantitative estimate of drug-likeness (QED) is 0.732. The van der Waals surface area contributed by atoms with Gasteiger partial charge in [0, 0.05) is 19.3 Å². The molecule has 0 aliphatic carbocycles. The fourth-order valence-electron chi connectivity index (χ4n) is 2.67. The minimum Gasteiger partial charge on any atom is -0.467 e. The first-order chi connectivity index (χ1) is 12.6. The average molecular weight is 353 g/mol. The molecule has 0 aliphatic rings. The van der Waals surface area contributed by atoms with Crippen LogP contribution >= 0.6 is 0 Å². The molecule has 0 saturated carbocycles. The second-order valence-corrected chi connectivity index (χ2v) is 5.78. The van der Waals surface area contributed by atoms with E-state index in [1.807, 2.05) is 37.3 Å². The van der Waals surface area contributed by atoms with Crippen molar-refractivity contribution >= 4 is 5.91 Å². The van der Waals surface area contributed by atoms with Crippen LogP contribution in [0.4, 0.5) is 0 Å². The molecule has 1 N–H and O–H groups in total. The SMILES string of the molecule is CCN(Cc1ccccc1)C(=O)c1c[nH]c(=O)n(Cc2ccco2)c1=O. The molecule has 26 heavy (non-hydrogen) atoms. The van der Waals surface area contributed by atoms with E-state index in [0.29, 0.717) is 18.8 Å². The second-order valence-electron chi connectivity index (χ2n) is 5.78. The zero-order valence-corrected chi connectivity index (χ0v) is 14.3. The molecule has 7 nitrogen and oxygen atoms in total. The molecule has 0 bridgehead atoms. The molecule has 0 radical (unpaired) electrons. The minimum atomic E-state index is -0.637. The van der Waals surface area contributed by atoms with Crippen molar-refractivity contribution < 1.29 is 9.21 Å². The Labute approximate surface area is 149 Å². The van der Waals surface area contributed by atoms with Crippen LogP contribution in [0, 0.1) is 0 Å². The molecule has 0 aliphatic heterocycles. The summed E-state index contributed by atoms with van der Waals surface area (Å²) in [6.07, 6.45) is 2.64. The van der Waals surface area contributed by atoms with Gasteiger partial charge in [0.2, 0.25) is 0 Å². The lowest BCUT2D eigenvalue weighted by Gasteiger charge is -2.21. The standard InChI is InChI=1S/C19H19N3O4/c1-2-21(12-14-7-4-3-5-8-14)17(23)16-11-20-19(25)22(18(16)24)13-15-9-6-10-26-15/h3-11H,2,12-13H2,1H3,(H,20,25). The Hall–Kier alpha value is -3.35. The topological polar surface area (TPSA) is 88.3 Å². The molecule has 3 rings (SSSR count). The Bertz CT molecular complexity index is 988. The first kappa shape index (κ1) is 17.5. The summed E-state index contributed by atoms with van der Waals surface area (Å²) in [5.41, 5.74) is -0.340. The molecule has 134 valence electrons. The Balaban J connectivity index is 1.91. The molecule has 1 aromatic carbocycles. The number of aromatic amines is 1. The van der Waals surface area contributed by atoms with E-state index >= 15 is 0 Å². The largest absolute Gasteiger partial charge is 0.467 e. The number of furan rings is 1. The molecule has 0 atom stereocenters. The normalized spacial score (nSPS) is 10.7. The number of benzene rings is 1. The maximum atomic E-state index is 12.8. The Morgan fingerprint density at radius 1 is 1.15 bits per heavy atom. The number of nitrogens with zero attached hydrogens (tertiary/aromatic N) is 2. The third-order valence-corrected chi connectivity index (χ3v) is 4.07. The van der Waals surface area contributed by atoms with E-state index in [9.17, 15) is 14.4 Å². The van der Waals surface area contributed by atoms with Gasteiger partial charge in [-0.1, -0.05) is 30.3 Å². The zero-order valence-electron chi connectivity index (χ0n) is 14.3. The predicted molar refractivity (Wildman–Crippen MR) is 96.0 cm³/mol. The molecule has 2 heterocycles. The van der Waals surface area contributed by atoms with Crippen LogP contribution in [-0.4, -0.2) is 26.9 Å². The van der Waals surface area contributed by atoms with E-state index in [4.69, 9.17) is 4.42 Å². The number of rotatable bonds is 6. The van der Waals surface area contributed by atoms with Crippen LogP contribution in [-0.2, 0) is 13.1 Å². The molecule has 0 saturated heterocycles. The van der Waals surface area contributed by atoms with Crippen LogP contribution in [0.15, 0.2) is 68.9 Å². The summed E-state index contributed by atoms with van der Waals surface area (Å²) in [6, 6.07) is 12.8. The number of carbonyl (C=O) groups is 1. The summed E-state index contributed by atoms with van der Waals surface area (Å²) in [4.78, 5) is 41.6. The van der Waals surface area contributed by atoms with Gasteiger partial charge in [-0.15, -0.1) is 0 Å². The summed E-state index contributed by atoms with van der Waals surface area (Å²) in [5, 5.41) is 0. The fraction of sp³-hybridized carbons (Fsp3) is 0.211. The monoisotopic (exact) mass is 353 g/mol. The van der Waals surface area contributed by atoms with Crippen molar-refractivity contribution in [3.63, 3.8) is 0 Å². The second kappa shape index (κ2) is 7.69. The lowest BCUT2D eigenvalue weighted by molar-refractivity contribution is 0.0749. The molecular weight excluding hydrogens is 334 g/mol. The Morgan fingerprint density at radius 3 is 2.58 bits per heavy atom. The number of nitrogens with one attached hydrogen (secondary N) is 1. The fourth-order valence-corrected chi connectivity index (χ4v) is 2.67. The van der Waals surface area contributed by atoms with Crippen molar-refractivity contribution in [2.24, 2.45) is 0 Å². The highest BCUT2D eigenvalue weighted by molar-refractivity contribution is 5.93.